The molecular weight excluding hydrogens is 464 g/mol. The summed E-state index contributed by atoms with van der Waals surface area (Å²) in [4.78, 5) is 36.6. The second kappa shape index (κ2) is 11.1. The molecule has 0 saturated carbocycles. The number of carboxylic acid groups (broad SMARTS) is 1. The van der Waals surface area contributed by atoms with Crippen LogP contribution in [0.5, 0.6) is 0 Å². The number of hydrogen-bond acceptors (Lipinski definition) is 5. The number of thioether (sulfide) groups is 1. The van der Waals surface area contributed by atoms with Gasteiger partial charge in [0.05, 0.1) is 5.56 Å². The fourth-order valence-electron chi connectivity index (χ4n) is 4.21. The Labute approximate surface area is 207 Å². The normalized spacial score (nSPS) is 12.8. The van der Waals surface area contributed by atoms with E-state index in [0.29, 0.717) is 17.9 Å². The van der Waals surface area contributed by atoms with Crippen LogP contribution >= 0.6 is 11.8 Å². The molecule has 35 heavy (non-hydrogen) atoms. The summed E-state index contributed by atoms with van der Waals surface area (Å²) >= 11 is 1.57. The number of carbonyl (C=O) groups excluding carboxylic acids is 2. The highest BCUT2D eigenvalue weighted by Crippen LogP contribution is 2.44. The lowest BCUT2D eigenvalue weighted by molar-refractivity contribution is -0.118. The van der Waals surface area contributed by atoms with Crippen LogP contribution < -0.4 is 10.6 Å². The third-order valence-electron chi connectivity index (χ3n) is 5.96. The van der Waals surface area contributed by atoms with Crippen molar-refractivity contribution in [2.45, 2.75) is 18.4 Å². The van der Waals surface area contributed by atoms with Crippen molar-refractivity contribution in [2.24, 2.45) is 0 Å². The van der Waals surface area contributed by atoms with Crippen molar-refractivity contribution < 1.29 is 24.2 Å². The maximum atomic E-state index is 12.9. The maximum Gasteiger partial charge on any atom is 0.407 e. The SMILES string of the molecule is CSCCC(NC(=O)OCC1c2ccccc2-c2ccccc21)C(=O)Nc1ccc(C(=O)O)cc1. The molecule has 1 atom stereocenters. The standard InChI is InChI=1S/C27H26N2O5S/c1-35-15-14-24(25(30)28-18-12-10-17(11-13-18)26(31)32)29-27(33)34-16-23-21-8-4-2-6-19(21)20-7-3-5-9-22(20)23/h2-13,23-24H,14-16H2,1H3,(H,28,30)(H,29,33)(H,31,32). The number of fused-ring (bicyclic) bond motifs is 3. The molecule has 7 nitrogen and oxygen atoms in total. The molecule has 180 valence electrons. The lowest BCUT2D eigenvalue weighted by Crippen LogP contribution is -2.44. The summed E-state index contributed by atoms with van der Waals surface area (Å²) in [6, 6.07) is 21.2. The van der Waals surface area contributed by atoms with Crippen molar-refractivity contribution in [1.82, 2.24) is 5.32 Å². The summed E-state index contributed by atoms with van der Waals surface area (Å²) in [5, 5.41) is 14.5. The first-order chi connectivity index (χ1) is 17.0. The van der Waals surface area contributed by atoms with Crippen molar-refractivity contribution in [3.63, 3.8) is 0 Å². The molecule has 0 saturated heterocycles. The largest absolute Gasteiger partial charge is 0.478 e. The molecule has 0 aromatic heterocycles. The van der Waals surface area contributed by atoms with E-state index in [9.17, 15) is 14.4 Å². The zero-order chi connectivity index (χ0) is 24.8. The molecule has 0 spiro atoms. The average Bonchev–Trinajstić information content (AvgIpc) is 3.19. The number of benzene rings is 3. The molecule has 3 aromatic rings. The van der Waals surface area contributed by atoms with Gasteiger partial charge in [-0.3, -0.25) is 4.79 Å². The Balaban J connectivity index is 1.40. The highest BCUT2D eigenvalue weighted by molar-refractivity contribution is 7.98. The van der Waals surface area contributed by atoms with E-state index in [1.807, 2.05) is 42.7 Å². The van der Waals surface area contributed by atoms with Crippen LogP contribution in [0.3, 0.4) is 0 Å². The number of nitrogens with one attached hydrogen (secondary N) is 2. The summed E-state index contributed by atoms with van der Waals surface area (Å²) in [6.45, 7) is 0.160. The van der Waals surface area contributed by atoms with E-state index in [2.05, 4.69) is 22.8 Å². The topological polar surface area (TPSA) is 105 Å². The van der Waals surface area contributed by atoms with Crippen molar-refractivity contribution in [1.29, 1.82) is 0 Å². The van der Waals surface area contributed by atoms with Crippen LogP contribution in [0.2, 0.25) is 0 Å². The number of rotatable bonds is 9. The van der Waals surface area contributed by atoms with Crippen LogP contribution in [0.15, 0.2) is 72.8 Å². The van der Waals surface area contributed by atoms with E-state index >= 15 is 0 Å². The van der Waals surface area contributed by atoms with Gasteiger partial charge in [-0.2, -0.15) is 11.8 Å². The van der Waals surface area contributed by atoms with Crippen LogP contribution in [-0.2, 0) is 9.53 Å². The van der Waals surface area contributed by atoms with Gasteiger partial charge in [-0.05, 0) is 64.9 Å². The first-order valence-corrected chi connectivity index (χ1v) is 12.6. The van der Waals surface area contributed by atoms with Crippen LogP contribution in [-0.4, -0.2) is 47.7 Å². The van der Waals surface area contributed by atoms with Gasteiger partial charge in [0.2, 0.25) is 5.91 Å². The van der Waals surface area contributed by atoms with E-state index in [1.54, 1.807) is 11.8 Å². The fourth-order valence-corrected chi connectivity index (χ4v) is 4.68. The second-order valence-corrected chi connectivity index (χ2v) is 9.16. The molecular formula is C27H26N2O5S. The maximum absolute atomic E-state index is 12.9. The van der Waals surface area contributed by atoms with E-state index in [0.717, 1.165) is 22.3 Å². The third-order valence-corrected chi connectivity index (χ3v) is 6.61. The van der Waals surface area contributed by atoms with Gasteiger partial charge < -0.3 is 20.5 Å². The summed E-state index contributed by atoms with van der Waals surface area (Å²) in [7, 11) is 0. The molecule has 3 N–H and O–H groups in total. The number of carbonyl (C=O) groups is 3. The molecule has 2 amide bonds. The van der Waals surface area contributed by atoms with Gasteiger partial charge in [-0.25, -0.2) is 9.59 Å². The molecule has 3 aromatic carbocycles. The predicted octanol–water partition coefficient (Wildman–Crippen LogP) is 4.98. The Bertz CT molecular complexity index is 1180. The van der Waals surface area contributed by atoms with Crippen LogP contribution in [0.4, 0.5) is 10.5 Å². The molecule has 0 heterocycles. The zero-order valence-corrected chi connectivity index (χ0v) is 20.0. The quantitative estimate of drug-likeness (QED) is 0.391. The highest BCUT2D eigenvalue weighted by atomic mass is 32.2. The van der Waals surface area contributed by atoms with E-state index < -0.39 is 24.0 Å². The zero-order valence-electron chi connectivity index (χ0n) is 19.2. The molecule has 0 bridgehead atoms. The number of hydrogen-bond donors (Lipinski definition) is 3. The molecule has 1 unspecified atom stereocenters. The van der Waals surface area contributed by atoms with Gasteiger partial charge in [-0.15, -0.1) is 0 Å². The van der Waals surface area contributed by atoms with Crippen LogP contribution in [0.25, 0.3) is 11.1 Å². The molecule has 0 radical (unpaired) electrons. The molecule has 1 aliphatic carbocycles. The Morgan fingerprint density at radius 1 is 0.943 bits per heavy atom. The van der Waals surface area contributed by atoms with Gasteiger partial charge in [-0.1, -0.05) is 48.5 Å². The van der Waals surface area contributed by atoms with Crippen molar-refractivity contribution in [3.8, 4) is 11.1 Å². The fraction of sp³-hybridized carbons (Fsp3) is 0.222. The van der Waals surface area contributed by atoms with Crippen LogP contribution in [0.1, 0.15) is 33.8 Å². The minimum atomic E-state index is -1.04. The lowest BCUT2D eigenvalue weighted by atomic mass is 9.98. The van der Waals surface area contributed by atoms with Gasteiger partial charge in [0.25, 0.3) is 0 Å². The van der Waals surface area contributed by atoms with Crippen molar-refractivity contribution >= 4 is 35.4 Å². The van der Waals surface area contributed by atoms with Gasteiger partial charge >= 0.3 is 12.1 Å². The minimum Gasteiger partial charge on any atom is -0.478 e. The Morgan fingerprint density at radius 3 is 2.11 bits per heavy atom. The molecule has 4 rings (SSSR count). The Hall–Kier alpha value is -3.78. The summed E-state index contributed by atoms with van der Waals surface area (Å²) in [6.07, 6.45) is 1.69. The predicted molar refractivity (Wildman–Crippen MR) is 137 cm³/mol. The number of ether oxygens (including phenoxy) is 1. The summed E-state index contributed by atoms with van der Waals surface area (Å²) in [5.74, 6) is -0.840. The molecule has 1 aliphatic rings. The second-order valence-electron chi connectivity index (χ2n) is 8.18. The van der Waals surface area contributed by atoms with E-state index in [-0.39, 0.29) is 18.1 Å². The van der Waals surface area contributed by atoms with Crippen molar-refractivity contribution in [2.75, 3.05) is 23.9 Å². The first-order valence-electron chi connectivity index (χ1n) is 11.2. The number of aromatic carboxylic acids is 1. The first kappa shape index (κ1) is 24.3. The smallest absolute Gasteiger partial charge is 0.407 e. The number of anilines is 1. The Kier molecular flexibility index (Phi) is 7.72. The van der Waals surface area contributed by atoms with Crippen LogP contribution in [0, 0.1) is 0 Å². The van der Waals surface area contributed by atoms with Crippen molar-refractivity contribution in [3.05, 3.63) is 89.5 Å². The highest BCUT2D eigenvalue weighted by Gasteiger charge is 2.29. The number of alkyl carbamates (subject to hydrolysis) is 1. The van der Waals surface area contributed by atoms with E-state index in [1.165, 1.54) is 24.3 Å². The molecule has 0 fully saturated rings. The van der Waals surface area contributed by atoms with Gasteiger partial charge in [0, 0.05) is 11.6 Å². The number of amides is 2. The number of carboxylic acids is 1. The third kappa shape index (κ3) is 5.66. The monoisotopic (exact) mass is 490 g/mol. The average molecular weight is 491 g/mol. The minimum absolute atomic E-state index is 0.0700. The summed E-state index contributed by atoms with van der Waals surface area (Å²) in [5.41, 5.74) is 5.08. The Morgan fingerprint density at radius 2 is 1.54 bits per heavy atom. The van der Waals surface area contributed by atoms with Gasteiger partial charge in [0.1, 0.15) is 12.6 Å². The van der Waals surface area contributed by atoms with E-state index in [4.69, 9.17) is 9.84 Å². The summed E-state index contributed by atoms with van der Waals surface area (Å²) < 4.78 is 5.59. The molecule has 8 heteroatoms. The lowest BCUT2D eigenvalue weighted by Gasteiger charge is -2.19. The molecule has 0 aliphatic heterocycles. The van der Waals surface area contributed by atoms with Gasteiger partial charge in [0.15, 0.2) is 0 Å².